The molecule has 92 valence electrons. The van der Waals surface area contributed by atoms with E-state index in [1.54, 1.807) is 5.32 Å². The predicted octanol–water partition coefficient (Wildman–Crippen LogP) is 2.59. The Hall–Kier alpha value is -2.12. The van der Waals surface area contributed by atoms with Crippen molar-refractivity contribution in [3.63, 3.8) is 0 Å². The molecule has 0 saturated heterocycles. The molecule has 1 aromatic rings. The first-order valence-electron chi connectivity index (χ1n) is 4.28. The third kappa shape index (κ3) is 3.16. The SMILES string of the molecule is COc1cc(N=O)ccc1NC(=O)C(F)(F)F. The van der Waals surface area contributed by atoms with Crippen LogP contribution in [-0.2, 0) is 4.79 Å². The van der Waals surface area contributed by atoms with E-state index < -0.39 is 12.1 Å². The molecule has 0 aliphatic heterocycles. The maximum atomic E-state index is 12.0. The maximum Gasteiger partial charge on any atom is 0.471 e. The van der Waals surface area contributed by atoms with Gasteiger partial charge in [-0.05, 0) is 17.3 Å². The first-order chi connectivity index (χ1) is 7.88. The molecule has 0 radical (unpaired) electrons. The number of amides is 1. The smallest absolute Gasteiger partial charge is 0.471 e. The molecule has 0 saturated carbocycles. The van der Waals surface area contributed by atoms with E-state index in [9.17, 15) is 22.9 Å². The van der Waals surface area contributed by atoms with Crippen LogP contribution < -0.4 is 10.1 Å². The summed E-state index contributed by atoms with van der Waals surface area (Å²) in [6.45, 7) is 0. The van der Waals surface area contributed by atoms with Crippen molar-refractivity contribution in [2.45, 2.75) is 6.18 Å². The molecule has 0 bridgehead atoms. The summed E-state index contributed by atoms with van der Waals surface area (Å²) in [5.41, 5.74) is -0.214. The zero-order valence-corrected chi connectivity index (χ0v) is 8.54. The topological polar surface area (TPSA) is 67.8 Å². The minimum Gasteiger partial charge on any atom is -0.494 e. The average molecular weight is 248 g/mol. The van der Waals surface area contributed by atoms with Gasteiger partial charge in [0, 0.05) is 6.07 Å². The maximum absolute atomic E-state index is 12.0. The van der Waals surface area contributed by atoms with Crippen LogP contribution in [0.15, 0.2) is 23.4 Å². The van der Waals surface area contributed by atoms with Gasteiger partial charge >= 0.3 is 12.1 Å². The number of methoxy groups -OCH3 is 1. The molecule has 0 spiro atoms. The van der Waals surface area contributed by atoms with Crippen molar-refractivity contribution in [1.29, 1.82) is 0 Å². The number of hydrogen-bond acceptors (Lipinski definition) is 4. The van der Waals surface area contributed by atoms with Crippen molar-refractivity contribution in [2.24, 2.45) is 5.18 Å². The third-order valence-electron chi connectivity index (χ3n) is 1.80. The van der Waals surface area contributed by atoms with Crippen LogP contribution in [0.5, 0.6) is 5.75 Å². The van der Waals surface area contributed by atoms with Crippen LogP contribution in [0.25, 0.3) is 0 Å². The number of carbonyl (C=O) groups excluding carboxylic acids is 1. The van der Waals surface area contributed by atoms with Crippen molar-refractivity contribution in [1.82, 2.24) is 0 Å². The molecule has 8 heteroatoms. The molecular weight excluding hydrogens is 241 g/mol. The molecule has 1 amide bonds. The Kier molecular flexibility index (Phi) is 3.66. The third-order valence-corrected chi connectivity index (χ3v) is 1.80. The summed E-state index contributed by atoms with van der Waals surface area (Å²) < 4.78 is 40.7. The Morgan fingerprint density at radius 2 is 2.06 bits per heavy atom. The van der Waals surface area contributed by atoms with Crippen LogP contribution in [0.1, 0.15) is 0 Å². The summed E-state index contributed by atoms with van der Waals surface area (Å²) in [6.07, 6.45) is -4.99. The van der Waals surface area contributed by atoms with Crippen LogP contribution in [0, 0.1) is 4.91 Å². The van der Waals surface area contributed by atoms with Crippen molar-refractivity contribution in [3.8, 4) is 5.75 Å². The summed E-state index contributed by atoms with van der Waals surface area (Å²) in [4.78, 5) is 20.9. The number of carbonyl (C=O) groups is 1. The summed E-state index contributed by atoms with van der Waals surface area (Å²) >= 11 is 0. The summed E-state index contributed by atoms with van der Waals surface area (Å²) in [5.74, 6) is -2.21. The number of nitroso groups, excluding NO2 is 1. The van der Waals surface area contributed by atoms with Crippen molar-refractivity contribution in [3.05, 3.63) is 23.1 Å². The summed E-state index contributed by atoms with van der Waals surface area (Å²) in [7, 11) is 1.19. The summed E-state index contributed by atoms with van der Waals surface area (Å²) in [5, 5.41) is 4.20. The van der Waals surface area contributed by atoms with Crippen LogP contribution in [0.2, 0.25) is 0 Å². The highest BCUT2D eigenvalue weighted by Crippen LogP contribution is 2.30. The summed E-state index contributed by atoms with van der Waals surface area (Å²) in [6, 6.07) is 3.36. The highest BCUT2D eigenvalue weighted by Gasteiger charge is 2.39. The largest absolute Gasteiger partial charge is 0.494 e. The van der Waals surface area contributed by atoms with Gasteiger partial charge in [-0.25, -0.2) is 0 Å². The number of nitrogens with one attached hydrogen (secondary N) is 1. The fourth-order valence-electron chi connectivity index (χ4n) is 1.03. The van der Waals surface area contributed by atoms with E-state index in [0.29, 0.717) is 0 Å². The number of halogens is 3. The lowest BCUT2D eigenvalue weighted by molar-refractivity contribution is -0.167. The minimum atomic E-state index is -4.99. The average Bonchev–Trinajstić information content (AvgIpc) is 2.28. The number of anilines is 1. The van der Waals surface area contributed by atoms with E-state index in [2.05, 4.69) is 5.18 Å². The van der Waals surface area contributed by atoms with E-state index in [1.807, 2.05) is 0 Å². The molecule has 1 aromatic carbocycles. The Morgan fingerprint density at radius 1 is 1.41 bits per heavy atom. The van der Waals surface area contributed by atoms with E-state index in [1.165, 1.54) is 7.11 Å². The van der Waals surface area contributed by atoms with Gasteiger partial charge in [0.2, 0.25) is 0 Å². The fraction of sp³-hybridized carbons (Fsp3) is 0.222. The first kappa shape index (κ1) is 12.9. The Bertz CT molecular complexity index is 446. The van der Waals surface area contributed by atoms with Gasteiger partial charge in [-0.1, -0.05) is 0 Å². The number of benzene rings is 1. The normalized spacial score (nSPS) is 10.8. The lowest BCUT2D eigenvalue weighted by Crippen LogP contribution is -2.30. The lowest BCUT2D eigenvalue weighted by Gasteiger charge is -2.11. The highest BCUT2D eigenvalue weighted by atomic mass is 19.4. The van der Waals surface area contributed by atoms with Gasteiger partial charge < -0.3 is 10.1 Å². The zero-order valence-electron chi connectivity index (χ0n) is 8.54. The molecule has 17 heavy (non-hydrogen) atoms. The monoisotopic (exact) mass is 248 g/mol. The zero-order chi connectivity index (χ0) is 13.1. The molecule has 0 aliphatic carbocycles. The molecule has 0 unspecified atom stereocenters. The van der Waals surface area contributed by atoms with Gasteiger partial charge in [-0.3, -0.25) is 4.79 Å². The lowest BCUT2D eigenvalue weighted by atomic mass is 10.2. The molecule has 0 heterocycles. The van der Waals surface area contributed by atoms with Crippen LogP contribution in [-0.4, -0.2) is 19.2 Å². The van der Waals surface area contributed by atoms with Gasteiger partial charge in [0.1, 0.15) is 11.4 Å². The highest BCUT2D eigenvalue weighted by molar-refractivity contribution is 5.96. The quantitative estimate of drug-likeness (QED) is 0.836. The Morgan fingerprint density at radius 3 is 2.53 bits per heavy atom. The van der Waals surface area contributed by atoms with Crippen LogP contribution >= 0.6 is 0 Å². The second kappa shape index (κ2) is 4.81. The second-order valence-electron chi connectivity index (χ2n) is 2.93. The number of alkyl halides is 3. The van der Waals surface area contributed by atoms with E-state index in [0.717, 1.165) is 18.2 Å². The molecule has 1 rings (SSSR count). The fourth-order valence-corrected chi connectivity index (χ4v) is 1.03. The molecule has 0 fully saturated rings. The predicted molar refractivity (Wildman–Crippen MR) is 53.1 cm³/mol. The first-order valence-corrected chi connectivity index (χ1v) is 4.28. The number of ether oxygens (including phenoxy) is 1. The number of hydrogen-bond donors (Lipinski definition) is 1. The van der Waals surface area contributed by atoms with Gasteiger partial charge in [0.15, 0.2) is 0 Å². The Balaban J connectivity index is 2.99. The molecule has 0 aliphatic rings. The van der Waals surface area contributed by atoms with Gasteiger partial charge in [-0.15, -0.1) is 4.91 Å². The number of rotatable bonds is 3. The molecule has 0 atom stereocenters. The minimum absolute atomic E-state index is 0.0214. The van der Waals surface area contributed by atoms with E-state index in [-0.39, 0.29) is 17.1 Å². The van der Waals surface area contributed by atoms with Gasteiger partial charge in [-0.2, -0.15) is 13.2 Å². The molecule has 0 aromatic heterocycles. The van der Waals surface area contributed by atoms with Gasteiger partial charge in [0.05, 0.1) is 12.8 Å². The molecular formula is C9H7F3N2O3. The van der Waals surface area contributed by atoms with Crippen LogP contribution in [0.3, 0.4) is 0 Å². The number of nitrogens with zero attached hydrogens (tertiary/aromatic N) is 1. The van der Waals surface area contributed by atoms with Crippen LogP contribution in [0.4, 0.5) is 24.5 Å². The van der Waals surface area contributed by atoms with E-state index >= 15 is 0 Å². The van der Waals surface area contributed by atoms with Crippen molar-refractivity contribution >= 4 is 17.3 Å². The standard InChI is InChI=1S/C9H7F3N2O3/c1-17-7-4-5(14-16)2-3-6(7)13-8(15)9(10,11)12/h2-4H,1H3,(H,13,15). The molecule has 5 nitrogen and oxygen atoms in total. The van der Waals surface area contributed by atoms with Crippen molar-refractivity contribution in [2.75, 3.05) is 12.4 Å². The molecule has 1 N–H and O–H groups in total. The van der Waals surface area contributed by atoms with E-state index in [4.69, 9.17) is 4.74 Å². The van der Waals surface area contributed by atoms with Crippen molar-refractivity contribution < 1.29 is 22.7 Å². The Labute approximate surface area is 93.5 Å². The van der Waals surface area contributed by atoms with Gasteiger partial charge in [0.25, 0.3) is 0 Å². The second-order valence-corrected chi connectivity index (χ2v) is 2.93.